The zero-order valence-corrected chi connectivity index (χ0v) is 14.8. The molecule has 0 saturated carbocycles. The first-order valence-corrected chi connectivity index (χ1v) is 8.93. The minimum Gasteiger partial charge on any atom is -0.379 e. The molecule has 0 aliphatic rings. The Labute approximate surface area is 159 Å². The van der Waals surface area contributed by atoms with E-state index in [-0.39, 0.29) is 5.92 Å². The maximum atomic E-state index is 12.3. The van der Waals surface area contributed by atoms with Gasteiger partial charge < -0.3 is 5.11 Å². The standard InChI is InChI=1S/C24H20N2O/c27-24(21-11-3-1-4-12-21,22-13-5-2-6-14-22)23(19-9-7-15-25-17-19)20-10-8-16-26-18-20/h1-18,23,27H. The summed E-state index contributed by atoms with van der Waals surface area (Å²) < 4.78 is 0. The molecule has 3 heteroatoms. The fourth-order valence-electron chi connectivity index (χ4n) is 3.65. The van der Waals surface area contributed by atoms with E-state index in [1.807, 2.05) is 97.3 Å². The molecule has 1 N–H and O–H groups in total. The van der Waals surface area contributed by atoms with Gasteiger partial charge in [-0.25, -0.2) is 0 Å². The average molecular weight is 352 g/mol. The summed E-state index contributed by atoms with van der Waals surface area (Å²) in [7, 11) is 0. The van der Waals surface area contributed by atoms with Crippen LogP contribution < -0.4 is 0 Å². The highest BCUT2D eigenvalue weighted by molar-refractivity contribution is 5.46. The number of pyridine rings is 2. The van der Waals surface area contributed by atoms with Crippen molar-refractivity contribution in [1.82, 2.24) is 9.97 Å². The Morgan fingerprint density at radius 3 is 1.41 bits per heavy atom. The Bertz CT molecular complexity index is 895. The summed E-state index contributed by atoms with van der Waals surface area (Å²) in [6.45, 7) is 0. The molecule has 4 rings (SSSR count). The first kappa shape index (κ1) is 17.1. The fourth-order valence-corrected chi connectivity index (χ4v) is 3.65. The minimum absolute atomic E-state index is 0.357. The van der Waals surface area contributed by atoms with Crippen LogP contribution in [0.4, 0.5) is 0 Å². The molecule has 0 spiro atoms. The quantitative estimate of drug-likeness (QED) is 0.573. The Kier molecular flexibility index (Phi) is 4.77. The molecule has 2 aromatic carbocycles. The van der Waals surface area contributed by atoms with Crippen molar-refractivity contribution in [2.24, 2.45) is 0 Å². The van der Waals surface area contributed by atoms with E-state index in [0.29, 0.717) is 0 Å². The molecule has 4 aromatic rings. The minimum atomic E-state index is -1.27. The highest BCUT2D eigenvalue weighted by Gasteiger charge is 2.42. The van der Waals surface area contributed by atoms with Crippen LogP contribution in [0.5, 0.6) is 0 Å². The lowest BCUT2D eigenvalue weighted by atomic mass is 9.70. The van der Waals surface area contributed by atoms with Crippen LogP contribution in [0, 0.1) is 0 Å². The molecule has 132 valence electrons. The first-order valence-electron chi connectivity index (χ1n) is 8.93. The summed E-state index contributed by atoms with van der Waals surface area (Å²) in [5.41, 5.74) is 2.25. The van der Waals surface area contributed by atoms with Crippen molar-refractivity contribution in [2.45, 2.75) is 11.5 Å². The van der Waals surface area contributed by atoms with Gasteiger partial charge in [-0.05, 0) is 34.4 Å². The van der Waals surface area contributed by atoms with Crippen molar-refractivity contribution < 1.29 is 5.11 Å². The van der Waals surface area contributed by atoms with Crippen molar-refractivity contribution in [3.63, 3.8) is 0 Å². The van der Waals surface area contributed by atoms with E-state index in [1.165, 1.54) is 0 Å². The normalized spacial score (nSPS) is 11.5. The van der Waals surface area contributed by atoms with E-state index in [2.05, 4.69) is 9.97 Å². The molecule has 0 atom stereocenters. The van der Waals surface area contributed by atoms with E-state index in [0.717, 1.165) is 22.3 Å². The molecule has 2 heterocycles. The zero-order chi connectivity index (χ0) is 18.5. The average Bonchev–Trinajstić information content (AvgIpc) is 2.76. The molecular weight excluding hydrogens is 332 g/mol. The van der Waals surface area contributed by atoms with Gasteiger partial charge in [-0.2, -0.15) is 0 Å². The molecule has 2 aromatic heterocycles. The lowest BCUT2D eigenvalue weighted by Gasteiger charge is -2.38. The van der Waals surface area contributed by atoms with E-state index in [4.69, 9.17) is 0 Å². The lowest BCUT2D eigenvalue weighted by Crippen LogP contribution is -2.35. The second-order valence-electron chi connectivity index (χ2n) is 6.50. The lowest BCUT2D eigenvalue weighted by molar-refractivity contribution is 0.0623. The zero-order valence-electron chi connectivity index (χ0n) is 14.8. The molecule has 27 heavy (non-hydrogen) atoms. The predicted molar refractivity (Wildman–Crippen MR) is 106 cm³/mol. The van der Waals surface area contributed by atoms with Crippen LogP contribution in [-0.4, -0.2) is 15.1 Å². The highest BCUT2D eigenvalue weighted by atomic mass is 16.3. The SMILES string of the molecule is OC(c1ccccc1)(c1ccccc1)C(c1cccnc1)c1cccnc1. The van der Waals surface area contributed by atoms with Gasteiger partial charge in [-0.1, -0.05) is 72.8 Å². The summed E-state index contributed by atoms with van der Waals surface area (Å²) in [4.78, 5) is 8.60. The number of nitrogens with zero attached hydrogens (tertiary/aromatic N) is 2. The van der Waals surface area contributed by atoms with Crippen LogP contribution in [0.2, 0.25) is 0 Å². The molecule has 0 saturated heterocycles. The van der Waals surface area contributed by atoms with E-state index in [9.17, 15) is 5.11 Å². The maximum absolute atomic E-state index is 12.3. The number of rotatable bonds is 5. The third-order valence-electron chi connectivity index (χ3n) is 4.88. The van der Waals surface area contributed by atoms with Crippen molar-refractivity contribution >= 4 is 0 Å². The van der Waals surface area contributed by atoms with Crippen LogP contribution in [0.3, 0.4) is 0 Å². The summed E-state index contributed by atoms with van der Waals surface area (Å²) in [5.74, 6) is -0.357. The van der Waals surface area contributed by atoms with E-state index < -0.39 is 5.60 Å². The molecule has 3 nitrogen and oxygen atoms in total. The second kappa shape index (κ2) is 7.52. The van der Waals surface area contributed by atoms with Gasteiger partial charge in [-0.15, -0.1) is 0 Å². The second-order valence-corrected chi connectivity index (χ2v) is 6.50. The Morgan fingerprint density at radius 1 is 0.593 bits per heavy atom. The Hall–Kier alpha value is -3.30. The molecule has 0 unspecified atom stereocenters. The van der Waals surface area contributed by atoms with E-state index in [1.54, 1.807) is 12.4 Å². The van der Waals surface area contributed by atoms with Crippen molar-refractivity contribution in [1.29, 1.82) is 0 Å². The number of aliphatic hydroxyl groups is 1. The molecule has 0 radical (unpaired) electrons. The van der Waals surface area contributed by atoms with Crippen LogP contribution in [0.1, 0.15) is 28.2 Å². The van der Waals surface area contributed by atoms with Crippen molar-refractivity contribution in [2.75, 3.05) is 0 Å². The molecule has 0 aliphatic carbocycles. The van der Waals surface area contributed by atoms with Crippen LogP contribution in [0.25, 0.3) is 0 Å². The van der Waals surface area contributed by atoms with Crippen molar-refractivity contribution in [3.05, 3.63) is 132 Å². The predicted octanol–water partition coefficient (Wildman–Crippen LogP) is 4.54. The Morgan fingerprint density at radius 2 is 1.04 bits per heavy atom. The summed E-state index contributed by atoms with van der Waals surface area (Å²) in [6.07, 6.45) is 7.12. The topological polar surface area (TPSA) is 46.0 Å². The van der Waals surface area contributed by atoms with Gasteiger partial charge in [0.15, 0.2) is 0 Å². The largest absolute Gasteiger partial charge is 0.379 e. The molecule has 0 bridgehead atoms. The molecule has 0 amide bonds. The number of hydrogen-bond donors (Lipinski definition) is 1. The van der Waals surface area contributed by atoms with Crippen LogP contribution in [-0.2, 0) is 5.60 Å². The van der Waals surface area contributed by atoms with Gasteiger partial charge in [0.2, 0.25) is 0 Å². The maximum Gasteiger partial charge on any atom is 0.126 e. The molecular formula is C24H20N2O. The molecule has 0 aliphatic heterocycles. The summed E-state index contributed by atoms with van der Waals surface area (Å²) in [6, 6.07) is 27.4. The fraction of sp³-hybridized carbons (Fsp3) is 0.0833. The number of hydrogen-bond acceptors (Lipinski definition) is 3. The van der Waals surface area contributed by atoms with Crippen LogP contribution >= 0.6 is 0 Å². The van der Waals surface area contributed by atoms with Gasteiger partial charge in [0.25, 0.3) is 0 Å². The highest BCUT2D eigenvalue weighted by Crippen LogP contribution is 2.45. The van der Waals surface area contributed by atoms with Gasteiger partial charge in [-0.3, -0.25) is 9.97 Å². The Balaban J connectivity index is 2.01. The third-order valence-corrected chi connectivity index (χ3v) is 4.88. The number of benzene rings is 2. The molecule has 0 fully saturated rings. The van der Waals surface area contributed by atoms with Gasteiger partial charge in [0.1, 0.15) is 5.60 Å². The first-order chi connectivity index (χ1) is 13.3. The van der Waals surface area contributed by atoms with Crippen LogP contribution in [0.15, 0.2) is 110 Å². The monoisotopic (exact) mass is 352 g/mol. The smallest absolute Gasteiger partial charge is 0.126 e. The number of aromatic nitrogens is 2. The summed E-state index contributed by atoms with van der Waals surface area (Å²) in [5, 5.41) is 12.3. The van der Waals surface area contributed by atoms with Gasteiger partial charge >= 0.3 is 0 Å². The third kappa shape index (κ3) is 3.25. The van der Waals surface area contributed by atoms with Gasteiger partial charge in [0.05, 0.1) is 0 Å². The summed E-state index contributed by atoms with van der Waals surface area (Å²) >= 11 is 0. The van der Waals surface area contributed by atoms with Gasteiger partial charge in [0, 0.05) is 30.7 Å². The van der Waals surface area contributed by atoms with E-state index >= 15 is 0 Å². The van der Waals surface area contributed by atoms with Crippen molar-refractivity contribution in [3.8, 4) is 0 Å².